The summed E-state index contributed by atoms with van der Waals surface area (Å²) in [5.41, 5.74) is 1.49. The van der Waals surface area contributed by atoms with Crippen molar-refractivity contribution < 1.29 is 23.1 Å². The highest BCUT2D eigenvalue weighted by Crippen LogP contribution is 2.41. The molecule has 0 saturated heterocycles. The number of alkyl halides is 3. The maximum atomic E-state index is 13.5. The molecule has 4 aromatic rings. The van der Waals surface area contributed by atoms with E-state index in [1.807, 2.05) is 30.3 Å². The van der Waals surface area contributed by atoms with Crippen LogP contribution >= 0.6 is 0 Å². The van der Waals surface area contributed by atoms with Gasteiger partial charge >= 0.3 is 6.18 Å². The van der Waals surface area contributed by atoms with Gasteiger partial charge in [-0.15, -0.1) is 0 Å². The second kappa shape index (κ2) is 12.9. The quantitative estimate of drug-likeness (QED) is 0.166. The standard InChI is InChI=1S/C35H34F3N5O2/c36-35(37,38)32-18-31(43(42-32)30-6-1-3-24(15-30)19-39)34(45)41-29-5-2-4-27(17-29)33(44)25-12-9-22(10-13-25)11-14-26-16-28(26)21-40-20-23-7-8-23/h1-6,9-10,12-13,15,17-18,23,26,28,33,40,44H,7-8,11,14,16,20-21H2,(H,41,45). The van der Waals surface area contributed by atoms with Gasteiger partial charge in [-0.3, -0.25) is 4.79 Å². The van der Waals surface area contributed by atoms with Crippen LogP contribution in [0.25, 0.3) is 5.69 Å². The van der Waals surface area contributed by atoms with E-state index in [0.29, 0.717) is 22.9 Å². The number of hydrogen-bond acceptors (Lipinski definition) is 5. The van der Waals surface area contributed by atoms with Gasteiger partial charge in [0.1, 0.15) is 11.8 Å². The molecular weight excluding hydrogens is 579 g/mol. The van der Waals surface area contributed by atoms with Crippen molar-refractivity contribution in [3.8, 4) is 11.8 Å². The number of nitrogens with one attached hydrogen (secondary N) is 2. The minimum atomic E-state index is -4.78. The van der Waals surface area contributed by atoms with E-state index in [1.165, 1.54) is 49.1 Å². The SMILES string of the molecule is N#Cc1cccc(-n2nc(C(F)(F)F)cc2C(=O)Nc2cccc(C(O)c3ccc(CCC4CC4CNCC4CC4)cc3)c2)c1. The largest absolute Gasteiger partial charge is 0.435 e. The highest BCUT2D eigenvalue weighted by molar-refractivity contribution is 6.03. The number of aliphatic hydroxyl groups is 1. The Labute approximate surface area is 259 Å². The van der Waals surface area contributed by atoms with Crippen LogP contribution in [0.5, 0.6) is 0 Å². The summed E-state index contributed by atoms with van der Waals surface area (Å²) in [5, 5.41) is 30.2. The first-order valence-electron chi connectivity index (χ1n) is 15.2. The minimum absolute atomic E-state index is 0.139. The first kappa shape index (κ1) is 30.6. The lowest BCUT2D eigenvalue weighted by Gasteiger charge is -2.14. The van der Waals surface area contributed by atoms with E-state index in [-0.39, 0.29) is 16.9 Å². The van der Waals surface area contributed by atoms with Crippen LogP contribution in [0.15, 0.2) is 78.9 Å². The van der Waals surface area contributed by atoms with Gasteiger partial charge in [0.2, 0.25) is 0 Å². The van der Waals surface area contributed by atoms with Gasteiger partial charge in [0, 0.05) is 11.8 Å². The molecule has 2 saturated carbocycles. The summed E-state index contributed by atoms with van der Waals surface area (Å²) in [6.45, 7) is 2.29. The molecule has 0 bridgehead atoms. The molecule has 2 aliphatic carbocycles. The van der Waals surface area contributed by atoms with E-state index in [2.05, 4.69) is 15.7 Å². The van der Waals surface area contributed by atoms with Crippen LogP contribution in [-0.2, 0) is 12.6 Å². The van der Waals surface area contributed by atoms with Crippen molar-refractivity contribution in [2.75, 3.05) is 18.4 Å². The third-order valence-corrected chi connectivity index (χ3v) is 8.62. The van der Waals surface area contributed by atoms with E-state index in [0.717, 1.165) is 48.4 Å². The number of amides is 1. The lowest BCUT2D eigenvalue weighted by molar-refractivity contribution is -0.141. The molecule has 3 atom stereocenters. The zero-order valence-corrected chi connectivity index (χ0v) is 24.6. The van der Waals surface area contributed by atoms with E-state index in [1.54, 1.807) is 24.3 Å². The molecule has 2 fully saturated rings. The number of nitriles is 1. The number of carbonyl (C=O) groups excluding carboxylic acids is 1. The lowest BCUT2D eigenvalue weighted by atomic mass is 9.98. The summed E-state index contributed by atoms with van der Waals surface area (Å²) in [4.78, 5) is 13.2. The Bertz CT molecular complexity index is 1710. The van der Waals surface area contributed by atoms with Crippen molar-refractivity contribution in [1.29, 1.82) is 5.26 Å². The van der Waals surface area contributed by atoms with Crippen molar-refractivity contribution in [2.45, 2.75) is 44.4 Å². The zero-order chi connectivity index (χ0) is 31.6. The van der Waals surface area contributed by atoms with E-state index >= 15 is 0 Å². The molecule has 10 heteroatoms. The van der Waals surface area contributed by atoms with Crippen molar-refractivity contribution in [2.24, 2.45) is 17.8 Å². The number of halogens is 3. The van der Waals surface area contributed by atoms with Gasteiger partial charge < -0.3 is 15.7 Å². The minimum Gasteiger partial charge on any atom is -0.384 e. The molecule has 6 rings (SSSR count). The predicted molar refractivity (Wildman–Crippen MR) is 164 cm³/mol. The number of aliphatic hydroxyl groups excluding tert-OH is 1. The van der Waals surface area contributed by atoms with E-state index in [9.17, 15) is 28.3 Å². The maximum absolute atomic E-state index is 13.5. The number of carbonyl (C=O) groups is 1. The van der Waals surface area contributed by atoms with Crippen molar-refractivity contribution in [3.05, 3.63) is 113 Å². The number of aryl methyl sites for hydroxylation is 1. The zero-order valence-electron chi connectivity index (χ0n) is 24.6. The van der Waals surface area contributed by atoms with Gasteiger partial charge in [-0.2, -0.15) is 23.5 Å². The van der Waals surface area contributed by atoms with Crippen LogP contribution in [0.2, 0.25) is 0 Å². The van der Waals surface area contributed by atoms with Gasteiger partial charge in [0.25, 0.3) is 5.91 Å². The van der Waals surface area contributed by atoms with Crippen molar-refractivity contribution in [3.63, 3.8) is 0 Å². The van der Waals surface area contributed by atoms with Crippen LogP contribution < -0.4 is 10.6 Å². The second-order valence-electron chi connectivity index (χ2n) is 12.1. The Morgan fingerprint density at radius 1 is 1.00 bits per heavy atom. The number of rotatable bonds is 12. The predicted octanol–water partition coefficient (Wildman–Crippen LogP) is 6.67. The fourth-order valence-electron chi connectivity index (χ4n) is 5.69. The molecule has 1 aromatic heterocycles. The summed E-state index contributed by atoms with van der Waals surface area (Å²) in [6, 6.07) is 22.8. The summed E-state index contributed by atoms with van der Waals surface area (Å²) < 4.78 is 41.5. The molecule has 1 heterocycles. The first-order valence-corrected chi connectivity index (χ1v) is 15.2. The average molecular weight is 614 g/mol. The smallest absolute Gasteiger partial charge is 0.384 e. The molecule has 3 unspecified atom stereocenters. The molecule has 1 amide bonds. The Kier molecular flexibility index (Phi) is 8.74. The summed E-state index contributed by atoms with van der Waals surface area (Å²) >= 11 is 0. The molecule has 232 valence electrons. The van der Waals surface area contributed by atoms with Gasteiger partial charge in [0.15, 0.2) is 5.69 Å². The van der Waals surface area contributed by atoms with Crippen LogP contribution in [0.3, 0.4) is 0 Å². The Morgan fingerprint density at radius 3 is 2.51 bits per heavy atom. The fourth-order valence-corrected chi connectivity index (χ4v) is 5.69. The Hall–Kier alpha value is -4.46. The molecule has 0 radical (unpaired) electrons. The molecule has 3 aromatic carbocycles. The Morgan fingerprint density at radius 2 is 1.78 bits per heavy atom. The first-order chi connectivity index (χ1) is 21.7. The molecule has 2 aliphatic rings. The number of anilines is 1. The van der Waals surface area contributed by atoms with Crippen LogP contribution in [-0.4, -0.2) is 33.9 Å². The average Bonchev–Trinajstić information content (AvgIpc) is 3.96. The lowest BCUT2D eigenvalue weighted by Crippen LogP contribution is -2.20. The topological polar surface area (TPSA) is 103 Å². The highest BCUT2D eigenvalue weighted by Gasteiger charge is 2.37. The normalized spacial score (nSPS) is 18.3. The second-order valence-corrected chi connectivity index (χ2v) is 12.1. The summed E-state index contributed by atoms with van der Waals surface area (Å²) in [6.07, 6.45) is 0.454. The molecule has 0 spiro atoms. The number of aromatic nitrogens is 2. The monoisotopic (exact) mass is 613 g/mol. The van der Waals surface area contributed by atoms with Crippen molar-refractivity contribution >= 4 is 11.6 Å². The molecule has 0 aliphatic heterocycles. The van der Waals surface area contributed by atoms with Gasteiger partial charge in [-0.25, -0.2) is 4.68 Å². The maximum Gasteiger partial charge on any atom is 0.435 e. The third-order valence-electron chi connectivity index (χ3n) is 8.62. The molecule has 45 heavy (non-hydrogen) atoms. The van der Waals surface area contributed by atoms with E-state index in [4.69, 9.17) is 0 Å². The third kappa shape index (κ3) is 7.62. The highest BCUT2D eigenvalue weighted by atomic mass is 19.4. The fraction of sp³-hybridized carbons (Fsp3) is 0.343. The van der Waals surface area contributed by atoms with E-state index < -0.39 is 23.9 Å². The molecule has 7 nitrogen and oxygen atoms in total. The number of hydrogen-bond donors (Lipinski definition) is 3. The number of benzene rings is 3. The molecular formula is C35H34F3N5O2. The summed E-state index contributed by atoms with van der Waals surface area (Å²) in [5.74, 6) is 1.65. The van der Waals surface area contributed by atoms with Gasteiger partial charge in [-0.05, 0) is 110 Å². The Balaban J connectivity index is 1.09. The van der Waals surface area contributed by atoms with Crippen molar-refractivity contribution in [1.82, 2.24) is 15.1 Å². The van der Waals surface area contributed by atoms with Crippen LogP contribution in [0, 0.1) is 29.1 Å². The number of nitrogens with zero attached hydrogens (tertiary/aromatic N) is 3. The molecule has 3 N–H and O–H groups in total. The van der Waals surface area contributed by atoms with Crippen LogP contribution in [0.4, 0.5) is 18.9 Å². The van der Waals surface area contributed by atoms with Gasteiger partial charge in [-0.1, -0.05) is 42.5 Å². The summed E-state index contributed by atoms with van der Waals surface area (Å²) in [7, 11) is 0. The van der Waals surface area contributed by atoms with Crippen LogP contribution in [0.1, 0.15) is 70.2 Å². The van der Waals surface area contributed by atoms with Gasteiger partial charge in [0.05, 0.1) is 17.3 Å².